The highest BCUT2D eigenvalue weighted by molar-refractivity contribution is 6.35. The lowest BCUT2D eigenvalue weighted by atomic mass is 10.1. The monoisotopic (exact) mass is 320 g/mol. The number of aromatic nitrogens is 2. The average molecular weight is 321 g/mol. The Labute approximate surface area is 135 Å². The molecule has 0 spiro atoms. The summed E-state index contributed by atoms with van der Waals surface area (Å²) in [5.41, 5.74) is 7.74. The SMILES string of the molecule is CC(C)(C)OCc1cccc(CNc2ncnc(N)c2Cl)c1. The number of benzene rings is 1. The molecule has 6 heteroatoms. The zero-order chi connectivity index (χ0) is 16.2. The van der Waals surface area contributed by atoms with Crippen LogP contribution in [0.4, 0.5) is 11.6 Å². The predicted molar refractivity (Wildman–Crippen MR) is 89.8 cm³/mol. The Balaban J connectivity index is 2.00. The Hall–Kier alpha value is -1.85. The number of nitrogen functional groups attached to an aromatic ring is 1. The first kappa shape index (κ1) is 16.5. The fourth-order valence-electron chi connectivity index (χ4n) is 1.82. The van der Waals surface area contributed by atoms with Crippen LogP contribution in [0.1, 0.15) is 31.9 Å². The molecule has 3 N–H and O–H groups in total. The first-order chi connectivity index (χ1) is 10.3. The van der Waals surface area contributed by atoms with E-state index in [-0.39, 0.29) is 11.4 Å². The number of hydrogen-bond acceptors (Lipinski definition) is 5. The molecule has 5 nitrogen and oxygen atoms in total. The van der Waals surface area contributed by atoms with Crippen molar-refractivity contribution in [3.8, 4) is 0 Å². The van der Waals surface area contributed by atoms with Crippen molar-refractivity contribution in [2.24, 2.45) is 0 Å². The Morgan fingerprint density at radius 1 is 1.23 bits per heavy atom. The zero-order valence-electron chi connectivity index (χ0n) is 13.1. The minimum Gasteiger partial charge on any atom is -0.382 e. The molecule has 2 rings (SSSR count). The molecule has 0 saturated carbocycles. The van der Waals surface area contributed by atoms with Gasteiger partial charge in [-0.25, -0.2) is 9.97 Å². The summed E-state index contributed by atoms with van der Waals surface area (Å²) in [6, 6.07) is 8.18. The van der Waals surface area contributed by atoms with Crippen LogP contribution in [0.25, 0.3) is 0 Å². The normalized spacial score (nSPS) is 11.5. The molecule has 0 aliphatic carbocycles. The Bertz CT molecular complexity index is 640. The Morgan fingerprint density at radius 2 is 1.95 bits per heavy atom. The molecule has 22 heavy (non-hydrogen) atoms. The fourth-order valence-corrected chi connectivity index (χ4v) is 1.99. The second kappa shape index (κ2) is 6.94. The van der Waals surface area contributed by atoms with E-state index in [1.165, 1.54) is 6.33 Å². The standard InChI is InChI=1S/C16H21ClN4O/c1-16(2,3)22-9-12-6-4-5-11(7-12)8-19-15-13(17)14(18)20-10-21-15/h4-7,10H,8-9H2,1-3H3,(H3,18,19,20,21). The molecular formula is C16H21ClN4O. The smallest absolute Gasteiger partial charge is 0.150 e. The third-order valence-corrected chi connectivity index (χ3v) is 3.31. The van der Waals surface area contributed by atoms with Crippen LogP contribution in [0.3, 0.4) is 0 Å². The van der Waals surface area contributed by atoms with Crippen molar-refractivity contribution in [3.05, 3.63) is 46.7 Å². The van der Waals surface area contributed by atoms with Crippen LogP contribution in [-0.2, 0) is 17.9 Å². The number of nitrogens with two attached hydrogens (primary N) is 1. The molecule has 1 aromatic carbocycles. The molecule has 0 radical (unpaired) electrons. The van der Waals surface area contributed by atoms with Gasteiger partial charge in [-0.05, 0) is 31.9 Å². The minimum atomic E-state index is -0.153. The second-order valence-corrected chi connectivity index (χ2v) is 6.37. The molecule has 0 fully saturated rings. The van der Waals surface area contributed by atoms with E-state index in [1.54, 1.807) is 0 Å². The van der Waals surface area contributed by atoms with Gasteiger partial charge < -0.3 is 15.8 Å². The van der Waals surface area contributed by atoms with Crippen LogP contribution in [0, 0.1) is 0 Å². The van der Waals surface area contributed by atoms with E-state index in [4.69, 9.17) is 22.1 Å². The molecule has 0 amide bonds. The quantitative estimate of drug-likeness (QED) is 0.880. The summed E-state index contributed by atoms with van der Waals surface area (Å²) in [5.74, 6) is 0.803. The van der Waals surface area contributed by atoms with Gasteiger partial charge in [0.15, 0.2) is 5.82 Å². The van der Waals surface area contributed by atoms with Gasteiger partial charge in [-0.3, -0.25) is 0 Å². The van der Waals surface area contributed by atoms with Crippen LogP contribution in [0.5, 0.6) is 0 Å². The van der Waals surface area contributed by atoms with Crippen LogP contribution in [0.2, 0.25) is 5.02 Å². The highest BCUT2D eigenvalue weighted by Crippen LogP contribution is 2.23. The summed E-state index contributed by atoms with van der Waals surface area (Å²) < 4.78 is 5.79. The van der Waals surface area contributed by atoms with Gasteiger partial charge in [0.25, 0.3) is 0 Å². The van der Waals surface area contributed by atoms with Gasteiger partial charge in [0, 0.05) is 6.54 Å². The molecule has 0 saturated heterocycles. The Kier molecular flexibility index (Phi) is 5.21. The van der Waals surface area contributed by atoms with Crippen LogP contribution < -0.4 is 11.1 Å². The molecule has 1 aromatic heterocycles. The maximum absolute atomic E-state index is 6.06. The first-order valence-electron chi connectivity index (χ1n) is 7.07. The lowest BCUT2D eigenvalue weighted by Crippen LogP contribution is -2.18. The van der Waals surface area contributed by atoms with Crippen molar-refractivity contribution in [1.29, 1.82) is 0 Å². The second-order valence-electron chi connectivity index (χ2n) is 6.00. The number of halogens is 1. The van der Waals surface area contributed by atoms with E-state index in [2.05, 4.69) is 21.4 Å². The van der Waals surface area contributed by atoms with Crippen molar-refractivity contribution < 1.29 is 4.74 Å². The third kappa shape index (κ3) is 4.86. The number of rotatable bonds is 5. The maximum atomic E-state index is 6.06. The highest BCUT2D eigenvalue weighted by Gasteiger charge is 2.10. The molecule has 1 heterocycles. The number of hydrogen-bond donors (Lipinski definition) is 2. The van der Waals surface area contributed by atoms with Crippen molar-refractivity contribution in [1.82, 2.24) is 9.97 Å². The van der Waals surface area contributed by atoms with E-state index in [0.717, 1.165) is 11.1 Å². The largest absolute Gasteiger partial charge is 0.382 e. The van der Waals surface area contributed by atoms with Gasteiger partial charge in [0.1, 0.15) is 17.2 Å². The van der Waals surface area contributed by atoms with Crippen LogP contribution >= 0.6 is 11.6 Å². The van der Waals surface area contributed by atoms with Gasteiger partial charge in [-0.15, -0.1) is 0 Å². The van der Waals surface area contributed by atoms with Gasteiger partial charge in [-0.1, -0.05) is 35.9 Å². The summed E-state index contributed by atoms with van der Waals surface area (Å²) in [4.78, 5) is 7.92. The van der Waals surface area contributed by atoms with Gasteiger partial charge >= 0.3 is 0 Å². The topological polar surface area (TPSA) is 73.1 Å². The van der Waals surface area contributed by atoms with Crippen LogP contribution in [0.15, 0.2) is 30.6 Å². The highest BCUT2D eigenvalue weighted by atomic mass is 35.5. The first-order valence-corrected chi connectivity index (χ1v) is 7.44. The fraction of sp³-hybridized carbons (Fsp3) is 0.375. The van der Waals surface area contributed by atoms with Gasteiger partial charge in [0.05, 0.1) is 12.2 Å². The summed E-state index contributed by atoms with van der Waals surface area (Å²) in [7, 11) is 0. The number of nitrogens with zero attached hydrogens (tertiary/aromatic N) is 2. The lowest BCUT2D eigenvalue weighted by Gasteiger charge is -2.19. The van der Waals surface area contributed by atoms with Crippen LogP contribution in [-0.4, -0.2) is 15.6 Å². The predicted octanol–water partition coefficient (Wildman–Crippen LogP) is 3.64. The zero-order valence-corrected chi connectivity index (χ0v) is 13.8. The van der Waals surface area contributed by atoms with E-state index >= 15 is 0 Å². The molecule has 0 aliphatic rings. The van der Waals surface area contributed by atoms with E-state index < -0.39 is 0 Å². The van der Waals surface area contributed by atoms with E-state index in [0.29, 0.717) is 24.0 Å². The average Bonchev–Trinajstić information content (AvgIpc) is 2.46. The molecule has 0 aliphatic heterocycles. The molecule has 0 atom stereocenters. The van der Waals surface area contributed by atoms with E-state index in [1.807, 2.05) is 39.0 Å². The summed E-state index contributed by atoms with van der Waals surface area (Å²) >= 11 is 6.06. The summed E-state index contributed by atoms with van der Waals surface area (Å²) in [6.07, 6.45) is 1.39. The van der Waals surface area contributed by atoms with Crippen molar-refractivity contribution >= 4 is 23.2 Å². The minimum absolute atomic E-state index is 0.153. The lowest BCUT2D eigenvalue weighted by molar-refractivity contribution is -0.0149. The number of anilines is 2. The maximum Gasteiger partial charge on any atom is 0.150 e. The van der Waals surface area contributed by atoms with Crippen molar-refractivity contribution in [2.75, 3.05) is 11.1 Å². The van der Waals surface area contributed by atoms with Crippen molar-refractivity contribution in [2.45, 2.75) is 39.5 Å². The van der Waals surface area contributed by atoms with Gasteiger partial charge in [0.2, 0.25) is 0 Å². The van der Waals surface area contributed by atoms with Crippen molar-refractivity contribution in [3.63, 3.8) is 0 Å². The Morgan fingerprint density at radius 3 is 2.68 bits per heavy atom. The molecule has 2 aromatic rings. The third-order valence-electron chi connectivity index (χ3n) is 2.94. The molecule has 0 unspecified atom stereocenters. The number of ether oxygens (including phenoxy) is 1. The van der Waals surface area contributed by atoms with E-state index in [9.17, 15) is 0 Å². The number of nitrogens with one attached hydrogen (secondary N) is 1. The molecule has 0 bridgehead atoms. The molecule has 118 valence electrons. The summed E-state index contributed by atoms with van der Waals surface area (Å²) in [5, 5.41) is 3.51. The molecular weight excluding hydrogens is 300 g/mol. The summed E-state index contributed by atoms with van der Waals surface area (Å²) in [6.45, 7) is 7.30. The van der Waals surface area contributed by atoms with Gasteiger partial charge in [-0.2, -0.15) is 0 Å².